The Morgan fingerprint density at radius 2 is 1.65 bits per heavy atom. The van der Waals surface area contributed by atoms with Crippen LogP contribution in [0, 0.1) is 0 Å². The largest absolute Gasteiger partial charge is 0.396 e. The number of nitrogens with two attached hydrogens (primary N) is 1. The van der Waals surface area contributed by atoms with E-state index in [1.165, 1.54) is 44.7 Å². The lowest BCUT2D eigenvalue weighted by molar-refractivity contribution is 0.395. The number of hydrogen-bond acceptors (Lipinski definition) is 2. The van der Waals surface area contributed by atoms with E-state index in [1.54, 1.807) is 6.20 Å². The fourth-order valence-corrected chi connectivity index (χ4v) is 5.51. The fraction of sp³-hybridized carbons (Fsp3) is 0.179. The first-order valence-corrected chi connectivity index (χ1v) is 11.1. The van der Waals surface area contributed by atoms with Crippen molar-refractivity contribution < 1.29 is 0 Å². The van der Waals surface area contributed by atoms with Gasteiger partial charge in [0.1, 0.15) is 0 Å². The van der Waals surface area contributed by atoms with Gasteiger partial charge in [-0.1, -0.05) is 78.9 Å². The van der Waals surface area contributed by atoms with Gasteiger partial charge in [0.2, 0.25) is 0 Å². The molecule has 3 nitrogen and oxygen atoms in total. The number of nitrogens with zero attached hydrogens (tertiary/aromatic N) is 2. The molecule has 1 aliphatic carbocycles. The molecule has 2 atom stereocenters. The van der Waals surface area contributed by atoms with Crippen molar-refractivity contribution in [3.8, 4) is 0 Å². The van der Waals surface area contributed by atoms with E-state index in [4.69, 9.17) is 5.73 Å². The average Bonchev–Trinajstić information content (AvgIpc) is 3.25. The molecule has 1 aliphatic rings. The van der Waals surface area contributed by atoms with Crippen LogP contribution in [0.1, 0.15) is 41.5 Å². The first-order chi connectivity index (χ1) is 15.3. The molecule has 0 saturated carbocycles. The van der Waals surface area contributed by atoms with Crippen molar-refractivity contribution in [3.05, 3.63) is 108 Å². The SMILES string of the molecule is Nc1cnn(C(c2ccccc2)C2CCCc3ccc4c(ccc5ccccc54)c32)c1. The summed E-state index contributed by atoms with van der Waals surface area (Å²) >= 11 is 0. The van der Waals surface area contributed by atoms with Gasteiger partial charge in [0, 0.05) is 12.1 Å². The van der Waals surface area contributed by atoms with E-state index in [2.05, 4.69) is 88.6 Å². The summed E-state index contributed by atoms with van der Waals surface area (Å²) in [6, 6.07) is 28.8. The third kappa shape index (κ3) is 3.00. The van der Waals surface area contributed by atoms with Crippen LogP contribution in [-0.2, 0) is 6.42 Å². The van der Waals surface area contributed by atoms with Gasteiger partial charge >= 0.3 is 0 Å². The minimum absolute atomic E-state index is 0.120. The number of aromatic nitrogens is 2. The van der Waals surface area contributed by atoms with Gasteiger partial charge in [-0.25, -0.2) is 0 Å². The number of hydrogen-bond donors (Lipinski definition) is 1. The first kappa shape index (κ1) is 18.2. The van der Waals surface area contributed by atoms with Crippen molar-refractivity contribution in [1.82, 2.24) is 9.78 Å². The lowest BCUT2D eigenvalue weighted by Gasteiger charge is -2.34. The number of anilines is 1. The normalized spacial score (nSPS) is 17.0. The van der Waals surface area contributed by atoms with E-state index < -0.39 is 0 Å². The topological polar surface area (TPSA) is 43.8 Å². The Morgan fingerprint density at radius 1 is 0.839 bits per heavy atom. The van der Waals surface area contributed by atoms with Crippen LogP contribution in [-0.4, -0.2) is 9.78 Å². The standard InChI is InChI=1S/C28H25N3/c29-22-17-30-31(18-22)28(21-8-2-1-3-9-21)26-12-6-10-20-14-15-24-23-11-5-4-7-19(23)13-16-25(24)27(20)26/h1-5,7-9,11,13-18,26,28H,6,10,12,29H2. The summed E-state index contributed by atoms with van der Waals surface area (Å²) in [4.78, 5) is 0. The van der Waals surface area contributed by atoms with Crippen LogP contribution in [0.3, 0.4) is 0 Å². The molecule has 0 amide bonds. The van der Waals surface area contributed by atoms with Crippen LogP contribution in [0.2, 0.25) is 0 Å². The van der Waals surface area contributed by atoms with Gasteiger partial charge in [-0.15, -0.1) is 0 Å². The Kier molecular flexibility index (Phi) is 4.27. The van der Waals surface area contributed by atoms with Crippen LogP contribution in [0.25, 0.3) is 21.5 Å². The van der Waals surface area contributed by atoms with Gasteiger partial charge in [0.05, 0.1) is 17.9 Å². The van der Waals surface area contributed by atoms with Crippen LogP contribution in [0.5, 0.6) is 0 Å². The molecule has 0 saturated heterocycles. The third-order valence-electron chi connectivity index (χ3n) is 6.82. The van der Waals surface area contributed by atoms with Gasteiger partial charge < -0.3 is 5.73 Å². The van der Waals surface area contributed by atoms with E-state index in [9.17, 15) is 0 Å². The van der Waals surface area contributed by atoms with Crippen LogP contribution < -0.4 is 5.73 Å². The lowest BCUT2D eigenvalue weighted by atomic mass is 9.74. The summed E-state index contributed by atoms with van der Waals surface area (Å²) in [5, 5.41) is 10.0. The Bertz CT molecular complexity index is 1380. The molecule has 0 fully saturated rings. The van der Waals surface area contributed by atoms with Crippen molar-refractivity contribution >= 4 is 27.2 Å². The second-order valence-electron chi connectivity index (χ2n) is 8.63. The smallest absolute Gasteiger partial charge is 0.0838 e. The predicted octanol–water partition coefficient (Wildman–Crippen LogP) is 6.48. The Labute approximate surface area is 182 Å². The van der Waals surface area contributed by atoms with E-state index in [1.807, 2.05) is 6.20 Å². The third-order valence-corrected chi connectivity index (χ3v) is 6.82. The second-order valence-corrected chi connectivity index (χ2v) is 8.63. The number of benzene rings is 4. The van der Waals surface area contributed by atoms with Gasteiger partial charge in [0.25, 0.3) is 0 Å². The van der Waals surface area contributed by atoms with E-state index in [0.717, 1.165) is 12.8 Å². The maximum Gasteiger partial charge on any atom is 0.0838 e. The lowest BCUT2D eigenvalue weighted by Crippen LogP contribution is -2.24. The van der Waals surface area contributed by atoms with Crippen molar-refractivity contribution in [2.75, 3.05) is 5.73 Å². The van der Waals surface area contributed by atoms with Crippen LogP contribution in [0.4, 0.5) is 5.69 Å². The van der Waals surface area contributed by atoms with Gasteiger partial charge in [-0.3, -0.25) is 4.68 Å². The molecule has 1 aromatic heterocycles. The van der Waals surface area contributed by atoms with E-state index in [0.29, 0.717) is 11.6 Å². The Hall–Kier alpha value is -3.59. The maximum atomic E-state index is 6.09. The Morgan fingerprint density at radius 3 is 2.48 bits per heavy atom. The summed E-state index contributed by atoms with van der Waals surface area (Å²) in [5.74, 6) is 0.343. The van der Waals surface area contributed by atoms with Gasteiger partial charge in [0.15, 0.2) is 0 Å². The van der Waals surface area contributed by atoms with Crippen molar-refractivity contribution in [1.29, 1.82) is 0 Å². The van der Waals surface area contributed by atoms with Crippen molar-refractivity contribution in [2.24, 2.45) is 0 Å². The highest BCUT2D eigenvalue weighted by atomic mass is 15.3. The molecule has 6 rings (SSSR count). The monoisotopic (exact) mass is 403 g/mol. The van der Waals surface area contributed by atoms with Crippen LogP contribution in [0.15, 0.2) is 91.3 Å². The molecule has 0 aliphatic heterocycles. The fourth-order valence-electron chi connectivity index (χ4n) is 5.51. The van der Waals surface area contributed by atoms with Gasteiger partial charge in [-0.05, 0) is 57.5 Å². The quantitative estimate of drug-likeness (QED) is 0.350. The summed E-state index contributed by atoms with van der Waals surface area (Å²) in [6.07, 6.45) is 7.20. The van der Waals surface area contributed by atoms with E-state index >= 15 is 0 Å². The average molecular weight is 404 g/mol. The molecule has 0 spiro atoms. The molecule has 3 heteroatoms. The summed E-state index contributed by atoms with van der Waals surface area (Å²) < 4.78 is 2.07. The highest BCUT2D eigenvalue weighted by Gasteiger charge is 2.32. The number of nitrogen functional groups attached to an aromatic ring is 1. The van der Waals surface area contributed by atoms with Gasteiger partial charge in [-0.2, -0.15) is 5.10 Å². The van der Waals surface area contributed by atoms with Crippen LogP contribution >= 0.6 is 0 Å². The minimum Gasteiger partial charge on any atom is -0.396 e. The van der Waals surface area contributed by atoms with Crippen molar-refractivity contribution in [2.45, 2.75) is 31.2 Å². The zero-order valence-electron chi connectivity index (χ0n) is 17.4. The number of rotatable bonds is 3. The molecular formula is C28H25N3. The molecule has 31 heavy (non-hydrogen) atoms. The van der Waals surface area contributed by atoms with E-state index in [-0.39, 0.29) is 6.04 Å². The Balaban J connectivity index is 1.61. The van der Waals surface area contributed by atoms with Crippen molar-refractivity contribution in [3.63, 3.8) is 0 Å². The molecule has 4 aromatic carbocycles. The molecule has 0 radical (unpaired) electrons. The number of fused-ring (bicyclic) bond motifs is 5. The maximum absolute atomic E-state index is 6.09. The minimum atomic E-state index is 0.120. The molecule has 2 unspecified atom stereocenters. The molecule has 1 heterocycles. The highest BCUT2D eigenvalue weighted by Crippen LogP contribution is 2.46. The zero-order valence-corrected chi connectivity index (χ0v) is 17.4. The molecule has 5 aromatic rings. The number of aryl methyl sites for hydroxylation is 1. The molecule has 2 N–H and O–H groups in total. The first-order valence-electron chi connectivity index (χ1n) is 11.1. The summed E-state index contributed by atoms with van der Waals surface area (Å²) in [7, 11) is 0. The second kappa shape index (κ2) is 7.28. The predicted molar refractivity (Wildman–Crippen MR) is 128 cm³/mol. The zero-order chi connectivity index (χ0) is 20.8. The highest BCUT2D eigenvalue weighted by molar-refractivity contribution is 6.09. The molecular weight excluding hydrogens is 378 g/mol. The molecule has 152 valence electrons. The summed E-state index contributed by atoms with van der Waals surface area (Å²) in [6.45, 7) is 0. The summed E-state index contributed by atoms with van der Waals surface area (Å²) in [5.41, 5.74) is 11.0. The molecule has 0 bridgehead atoms.